The molecule has 7 heteroatoms. The molecule has 0 bridgehead atoms. The van der Waals surface area contributed by atoms with Crippen molar-refractivity contribution in [2.24, 2.45) is 0 Å². The first-order valence-corrected chi connectivity index (χ1v) is 10.3. The van der Waals surface area contributed by atoms with Gasteiger partial charge in [-0.05, 0) is 26.5 Å². The lowest BCUT2D eigenvalue weighted by atomic mass is 10.1. The van der Waals surface area contributed by atoms with Crippen LogP contribution in [0.1, 0.15) is 24.2 Å². The molecule has 2 aromatic rings. The van der Waals surface area contributed by atoms with Gasteiger partial charge in [0, 0.05) is 30.0 Å². The Kier molecular flexibility index (Phi) is 5.15. The van der Waals surface area contributed by atoms with Crippen molar-refractivity contribution in [2.45, 2.75) is 32.4 Å². The summed E-state index contributed by atoms with van der Waals surface area (Å²) in [7, 11) is -1.02. The van der Waals surface area contributed by atoms with E-state index >= 15 is 0 Å². The normalized spacial score (nSPS) is 19.6. The van der Waals surface area contributed by atoms with Gasteiger partial charge in [0.25, 0.3) is 0 Å². The highest BCUT2D eigenvalue weighted by Crippen LogP contribution is 2.24. The molecular weight excluding hydrogens is 340 g/mol. The van der Waals surface area contributed by atoms with E-state index in [9.17, 15) is 13.2 Å². The molecule has 0 aliphatic carbocycles. The summed E-state index contributed by atoms with van der Waals surface area (Å²) < 4.78 is 28.9. The first-order chi connectivity index (χ1) is 11.9. The van der Waals surface area contributed by atoms with Gasteiger partial charge in [0.1, 0.15) is 11.3 Å². The molecular formula is C18H24N2O4S. The number of rotatable bonds is 6. The molecule has 2 heterocycles. The fourth-order valence-corrected chi connectivity index (χ4v) is 5.05. The van der Waals surface area contributed by atoms with Gasteiger partial charge in [-0.1, -0.05) is 18.2 Å². The van der Waals surface area contributed by atoms with Gasteiger partial charge in [0.05, 0.1) is 18.1 Å². The highest BCUT2D eigenvalue weighted by Gasteiger charge is 2.30. The average molecular weight is 364 g/mol. The maximum Gasteiger partial charge on any atom is 0.221 e. The van der Waals surface area contributed by atoms with E-state index in [2.05, 4.69) is 5.32 Å². The number of carbonyl (C=O) groups is 1. The second-order valence-electron chi connectivity index (χ2n) is 6.71. The lowest BCUT2D eigenvalue weighted by Gasteiger charge is -2.22. The molecule has 1 aromatic carbocycles. The van der Waals surface area contributed by atoms with Crippen LogP contribution in [0.3, 0.4) is 0 Å². The Balaban J connectivity index is 1.48. The standard InChI is InChI=1S/C18H24N2O4S/c1-13-15-5-3-4-6-16(15)24-17(13)11-19-18(21)7-9-20(2)14-8-10-25(22,23)12-14/h3-6,14H,7-12H2,1-2H3,(H,19,21)/t14-/m0/s1. The molecule has 3 rings (SSSR count). The number of aryl methyl sites for hydroxylation is 1. The van der Waals surface area contributed by atoms with E-state index < -0.39 is 9.84 Å². The average Bonchev–Trinajstić information content (AvgIpc) is 3.11. The van der Waals surface area contributed by atoms with Crippen molar-refractivity contribution >= 4 is 26.7 Å². The predicted octanol–water partition coefficient (Wildman–Crippen LogP) is 1.87. The third-order valence-electron chi connectivity index (χ3n) is 4.91. The van der Waals surface area contributed by atoms with Crippen LogP contribution in [0.25, 0.3) is 11.0 Å². The molecule has 25 heavy (non-hydrogen) atoms. The Labute approximate surface area is 148 Å². The minimum atomic E-state index is -2.90. The van der Waals surface area contributed by atoms with E-state index in [0.29, 0.717) is 25.9 Å². The summed E-state index contributed by atoms with van der Waals surface area (Å²) >= 11 is 0. The van der Waals surface area contributed by atoms with Gasteiger partial charge in [0.15, 0.2) is 9.84 Å². The molecule has 0 saturated carbocycles. The number of hydrogen-bond donors (Lipinski definition) is 1. The number of hydrogen-bond acceptors (Lipinski definition) is 5. The Hall–Kier alpha value is -1.86. The Morgan fingerprint density at radius 1 is 1.36 bits per heavy atom. The molecule has 1 aromatic heterocycles. The number of sulfone groups is 1. The fourth-order valence-electron chi connectivity index (χ4n) is 3.24. The van der Waals surface area contributed by atoms with E-state index in [1.807, 2.05) is 43.1 Å². The van der Waals surface area contributed by atoms with Crippen LogP contribution < -0.4 is 5.32 Å². The van der Waals surface area contributed by atoms with E-state index in [1.165, 1.54) is 0 Å². The minimum absolute atomic E-state index is 0.0235. The number of fused-ring (bicyclic) bond motifs is 1. The van der Waals surface area contributed by atoms with Crippen molar-refractivity contribution in [2.75, 3.05) is 25.1 Å². The number of carbonyl (C=O) groups excluding carboxylic acids is 1. The summed E-state index contributed by atoms with van der Waals surface area (Å²) in [6, 6.07) is 7.83. The zero-order chi connectivity index (χ0) is 18.0. The highest BCUT2D eigenvalue weighted by atomic mass is 32.2. The number of furan rings is 1. The fraction of sp³-hybridized carbons (Fsp3) is 0.500. The highest BCUT2D eigenvalue weighted by molar-refractivity contribution is 7.91. The smallest absolute Gasteiger partial charge is 0.221 e. The molecule has 1 aliphatic heterocycles. The van der Waals surface area contributed by atoms with Crippen molar-refractivity contribution in [3.63, 3.8) is 0 Å². The molecule has 1 aliphatic rings. The molecule has 1 amide bonds. The van der Waals surface area contributed by atoms with E-state index in [-0.39, 0.29) is 23.5 Å². The maximum absolute atomic E-state index is 12.1. The van der Waals surface area contributed by atoms with Crippen LogP contribution >= 0.6 is 0 Å². The number of nitrogens with one attached hydrogen (secondary N) is 1. The van der Waals surface area contributed by atoms with Crippen molar-refractivity contribution in [3.05, 3.63) is 35.6 Å². The molecule has 136 valence electrons. The first kappa shape index (κ1) is 17.9. The molecule has 1 atom stereocenters. The predicted molar refractivity (Wildman–Crippen MR) is 97.1 cm³/mol. The van der Waals surface area contributed by atoms with Crippen LogP contribution in [-0.2, 0) is 21.2 Å². The summed E-state index contributed by atoms with van der Waals surface area (Å²) in [5, 5.41) is 3.95. The third kappa shape index (κ3) is 4.22. The van der Waals surface area contributed by atoms with Crippen molar-refractivity contribution in [3.8, 4) is 0 Å². The van der Waals surface area contributed by atoms with E-state index in [0.717, 1.165) is 22.3 Å². The van der Waals surface area contributed by atoms with Crippen LogP contribution in [0.2, 0.25) is 0 Å². The topological polar surface area (TPSA) is 79.6 Å². The van der Waals surface area contributed by atoms with Crippen LogP contribution in [-0.4, -0.2) is 50.4 Å². The quantitative estimate of drug-likeness (QED) is 0.846. The van der Waals surface area contributed by atoms with Gasteiger partial charge in [0.2, 0.25) is 5.91 Å². The summed E-state index contributed by atoms with van der Waals surface area (Å²) in [5.74, 6) is 1.15. The second-order valence-corrected chi connectivity index (χ2v) is 8.94. The van der Waals surface area contributed by atoms with Crippen LogP contribution in [0, 0.1) is 6.92 Å². The summed E-state index contributed by atoms with van der Waals surface area (Å²) in [6.07, 6.45) is 0.991. The summed E-state index contributed by atoms with van der Waals surface area (Å²) in [4.78, 5) is 14.1. The molecule has 6 nitrogen and oxygen atoms in total. The molecule has 0 radical (unpaired) electrons. The van der Waals surface area contributed by atoms with E-state index in [1.54, 1.807) is 0 Å². The Bertz CT molecular complexity index is 872. The zero-order valence-corrected chi connectivity index (χ0v) is 15.4. The van der Waals surface area contributed by atoms with Gasteiger partial charge in [-0.15, -0.1) is 0 Å². The number of amides is 1. The van der Waals surface area contributed by atoms with Crippen LogP contribution in [0.5, 0.6) is 0 Å². The zero-order valence-electron chi connectivity index (χ0n) is 14.6. The lowest BCUT2D eigenvalue weighted by Crippen LogP contribution is -2.36. The van der Waals surface area contributed by atoms with Crippen molar-refractivity contribution in [1.29, 1.82) is 0 Å². The first-order valence-electron chi connectivity index (χ1n) is 8.50. The third-order valence-corrected chi connectivity index (χ3v) is 6.66. The molecule has 1 N–H and O–H groups in total. The van der Waals surface area contributed by atoms with Gasteiger partial charge in [-0.2, -0.15) is 0 Å². The molecule has 0 unspecified atom stereocenters. The Morgan fingerprint density at radius 3 is 2.80 bits per heavy atom. The molecule has 1 fully saturated rings. The largest absolute Gasteiger partial charge is 0.459 e. The number of para-hydroxylation sites is 1. The van der Waals surface area contributed by atoms with Crippen LogP contribution in [0.4, 0.5) is 0 Å². The SMILES string of the molecule is Cc1c(CNC(=O)CCN(C)[C@H]2CCS(=O)(=O)C2)oc2ccccc12. The van der Waals surface area contributed by atoms with Gasteiger partial charge in [-0.3, -0.25) is 4.79 Å². The monoisotopic (exact) mass is 364 g/mol. The lowest BCUT2D eigenvalue weighted by molar-refractivity contribution is -0.121. The Morgan fingerprint density at radius 2 is 2.12 bits per heavy atom. The van der Waals surface area contributed by atoms with E-state index in [4.69, 9.17) is 4.42 Å². The van der Waals surface area contributed by atoms with Crippen molar-refractivity contribution in [1.82, 2.24) is 10.2 Å². The summed E-state index contributed by atoms with van der Waals surface area (Å²) in [6.45, 7) is 2.90. The van der Waals surface area contributed by atoms with Crippen LogP contribution in [0.15, 0.2) is 28.7 Å². The summed E-state index contributed by atoms with van der Waals surface area (Å²) in [5.41, 5.74) is 1.87. The van der Waals surface area contributed by atoms with Crippen molar-refractivity contribution < 1.29 is 17.6 Å². The minimum Gasteiger partial charge on any atom is -0.459 e. The molecule has 1 saturated heterocycles. The van der Waals surface area contributed by atoms with Gasteiger partial charge >= 0.3 is 0 Å². The second kappa shape index (κ2) is 7.17. The number of nitrogens with zero attached hydrogens (tertiary/aromatic N) is 1. The maximum atomic E-state index is 12.1. The molecule has 0 spiro atoms. The van der Waals surface area contributed by atoms with Gasteiger partial charge in [-0.25, -0.2) is 8.42 Å². The van der Waals surface area contributed by atoms with Gasteiger partial charge < -0.3 is 14.6 Å². The number of benzene rings is 1.